The molecule has 122 valence electrons. The highest BCUT2D eigenvalue weighted by Gasteiger charge is 2.15. The van der Waals surface area contributed by atoms with Gasteiger partial charge in [0.05, 0.1) is 0 Å². The first-order valence-electron chi connectivity index (χ1n) is 7.42. The second-order valence-corrected chi connectivity index (χ2v) is 5.56. The first kappa shape index (κ1) is 16.1. The molecule has 0 bridgehead atoms. The summed E-state index contributed by atoms with van der Waals surface area (Å²) < 4.78 is 5.75. The van der Waals surface area contributed by atoms with Crippen LogP contribution in [0.1, 0.15) is 17.4 Å². The molecule has 3 aromatic rings. The lowest BCUT2D eigenvalue weighted by Crippen LogP contribution is -2.23. The van der Waals surface area contributed by atoms with Crippen LogP contribution < -0.4 is 10.1 Å². The molecule has 0 saturated heterocycles. The summed E-state index contributed by atoms with van der Waals surface area (Å²) in [5.74, 6) is 0.696. The Morgan fingerprint density at radius 3 is 2.62 bits per heavy atom. The number of aromatic nitrogens is 1. The molecule has 0 fully saturated rings. The number of nitrogens with zero attached hydrogens (tertiary/aromatic N) is 1. The minimum atomic E-state index is -0.404. The number of halogens is 1. The Bertz CT molecular complexity index is 895. The maximum Gasteiger partial charge on any atom is 0.273 e. The third kappa shape index (κ3) is 3.26. The Balaban J connectivity index is 1.93. The van der Waals surface area contributed by atoms with Gasteiger partial charge in [-0.25, -0.2) is 4.98 Å². The van der Waals surface area contributed by atoms with E-state index in [0.29, 0.717) is 33.8 Å². The van der Waals surface area contributed by atoms with Crippen molar-refractivity contribution in [3.05, 3.63) is 59.4 Å². The van der Waals surface area contributed by atoms with Crippen molar-refractivity contribution in [2.45, 2.75) is 6.92 Å². The van der Waals surface area contributed by atoms with Gasteiger partial charge in [0.1, 0.15) is 11.5 Å². The number of amides is 1. The summed E-state index contributed by atoms with van der Waals surface area (Å²) in [4.78, 5) is 15.9. The highest BCUT2D eigenvalue weighted by Crippen LogP contribution is 2.31. The summed E-state index contributed by atoms with van der Waals surface area (Å²) in [5.41, 5.74) is 0.00993. The molecule has 3 rings (SSSR count). The van der Waals surface area contributed by atoms with Crippen molar-refractivity contribution in [2.24, 2.45) is 0 Å². The van der Waals surface area contributed by atoms with Crippen LogP contribution in [-0.2, 0) is 0 Å². The van der Waals surface area contributed by atoms with Crippen LogP contribution in [0.4, 0.5) is 0 Å². The molecule has 0 aliphatic rings. The van der Waals surface area contributed by atoms with Crippen LogP contribution in [0.5, 0.6) is 17.2 Å². The van der Waals surface area contributed by atoms with Gasteiger partial charge in [-0.2, -0.15) is 0 Å². The van der Waals surface area contributed by atoms with Gasteiger partial charge in [0.15, 0.2) is 11.4 Å². The van der Waals surface area contributed by atoms with Gasteiger partial charge in [0.25, 0.3) is 5.91 Å². The van der Waals surface area contributed by atoms with E-state index in [4.69, 9.17) is 16.3 Å². The van der Waals surface area contributed by atoms with E-state index in [-0.39, 0.29) is 11.4 Å². The number of ether oxygens (including phenoxy) is 1. The zero-order valence-electron chi connectivity index (χ0n) is 12.9. The minimum absolute atomic E-state index is 0.00993. The van der Waals surface area contributed by atoms with Crippen molar-refractivity contribution in [1.82, 2.24) is 10.3 Å². The van der Waals surface area contributed by atoms with Crippen molar-refractivity contribution in [3.63, 3.8) is 0 Å². The monoisotopic (exact) mass is 342 g/mol. The van der Waals surface area contributed by atoms with E-state index in [2.05, 4.69) is 10.3 Å². The quantitative estimate of drug-likeness (QED) is 0.747. The van der Waals surface area contributed by atoms with Gasteiger partial charge in [-0.1, -0.05) is 11.6 Å². The molecule has 0 aliphatic heterocycles. The number of rotatable bonds is 4. The lowest BCUT2D eigenvalue weighted by molar-refractivity contribution is 0.0948. The van der Waals surface area contributed by atoms with Crippen molar-refractivity contribution in [1.29, 1.82) is 0 Å². The first-order chi connectivity index (χ1) is 11.6. The molecule has 2 aromatic carbocycles. The fraction of sp³-hybridized carbons (Fsp3) is 0.111. The van der Waals surface area contributed by atoms with E-state index >= 15 is 0 Å². The van der Waals surface area contributed by atoms with Gasteiger partial charge in [-0.15, -0.1) is 0 Å². The predicted molar refractivity (Wildman–Crippen MR) is 92.9 cm³/mol. The normalized spacial score (nSPS) is 10.6. The molecular weight excluding hydrogens is 328 g/mol. The van der Waals surface area contributed by atoms with Gasteiger partial charge in [0, 0.05) is 28.5 Å². The number of aromatic hydroxyl groups is 1. The van der Waals surface area contributed by atoms with Gasteiger partial charge < -0.3 is 15.2 Å². The summed E-state index contributed by atoms with van der Waals surface area (Å²) in [6.45, 7) is 2.27. The van der Waals surface area contributed by atoms with Gasteiger partial charge in [-0.05, 0) is 49.4 Å². The summed E-state index contributed by atoms with van der Waals surface area (Å²) in [5, 5.41) is 14.7. The lowest BCUT2D eigenvalue weighted by Gasteiger charge is -2.09. The highest BCUT2D eigenvalue weighted by atomic mass is 35.5. The number of carbonyl (C=O) groups excluding carboxylic acids is 1. The minimum Gasteiger partial charge on any atom is -0.505 e. The summed E-state index contributed by atoms with van der Waals surface area (Å²) in [7, 11) is 0. The smallest absolute Gasteiger partial charge is 0.273 e. The molecular formula is C18H15ClN2O3. The first-order valence-corrected chi connectivity index (χ1v) is 7.79. The second kappa shape index (κ2) is 6.76. The molecule has 0 radical (unpaired) electrons. The number of nitrogens with one attached hydrogen (secondary N) is 1. The maximum absolute atomic E-state index is 11.9. The Hall–Kier alpha value is -2.79. The van der Waals surface area contributed by atoms with Crippen LogP contribution in [0, 0.1) is 0 Å². The topological polar surface area (TPSA) is 71.5 Å². The number of pyridine rings is 1. The van der Waals surface area contributed by atoms with Crippen LogP contribution in [0.25, 0.3) is 10.8 Å². The Kier molecular flexibility index (Phi) is 4.53. The van der Waals surface area contributed by atoms with Crippen LogP contribution in [0.15, 0.2) is 48.7 Å². The second-order valence-electron chi connectivity index (χ2n) is 5.12. The summed E-state index contributed by atoms with van der Waals surface area (Å²) in [6, 6.07) is 12.2. The van der Waals surface area contributed by atoms with E-state index in [9.17, 15) is 9.90 Å². The molecule has 0 unspecified atom stereocenters. The van der Waals surface area contributed by atoms with Gasteiger partial charge >= 0.3 is 0 Å². The molecule has 1 heterocycles. The third-order valence-corrected chi connectivity index (χ3v) is 3.69. The van der Waals surface area contributed by atoms with E-state index in [1.807, 2.05) is 0 Å². The van der Waals surface area contributed by atoms with Crippen LogP contribution in [-0.4, -0.2) is 22.5 Å². The molecule has 5 nitrogen and oxygen atoms in total. The standard InChI is InChI=1S/C18H15ClN2O3/c1-2-20-18(23)16-17(22)15-8-7-14(9-11(15)10-21-16)24-13-5-3-12(19)4-6-13/h3-10,22H,2H2,1H3,(H,20,23). The SMILES string of the molecule is CCNC(=O)c1ncc2cc(Oc3ccc(Cl)cc3)ccc2c1O. The number of hydrogen-bond acceptors (Lipinski definition) is 4. The van der Waals surface area contributed by atoms with Crippen LogP contribution in [0.2, 0.25) is 5.02 Å². The molecule has 24 heavy (non-hydrogen) atoms. The Morgan fingerprint density at radius 1 is 1.21 bits per heavy atom. The zero-order chi connectivity index (χ0) is 17.1. The number of hydrogen-bond donors (Lipinski definition) is 2. The largest absolute Gasteiger partial charge is 0.505 e. The molecule has 0 saturated carbocycles. The summed E-state index contributed by atoms with van der Waals surface area (Å²) in [6.07, 6.45) is 1.54. The van der Waals surface area contributed by atoms with Crippen molar-refractivity contribution in [3.8, 4) is 17.2 Å². The van der Waals surface area contributed by atoms with E-state index in [0.717, 1.165) is 0 Å². The summed E-state index contributed by atoms with van der Waals surface area (Å²) >= 11 is 5.85. The highest BCUT2D eigenvalue weighted by molar-refractivity contribution is 6.30. The van der Waals surface area contributed by atoms with Crippen molar-refractivity contribution < 1.29 is 14.6 Å². The number of carbonyl (C=O) groups is 1. The van der Waals surface area contributed by atoms with Crippen LogP contribution in [0.3, 0.4) is 0 Å². The molecule has 0 spiro atoms. The van der Waals surface area contributed by atoms with E-state index < -0.39 is 5.91 Å². The van der Waals surface area contributed by atoms with E-state index in [1.54, 1.807) is 49.4 Å². The van der Waals surface area contributed by atoms with Crippen molar-refractivity contribution >= 4 is 28.3 Å². The van der Waals surface area contributed by atoms with Gasteiger partial charge in [-0.3, -0.25) is 4.79 Å². The van der Waals surface area contributed by atoms with Crippen LogP contribution >= 0.6 is 11.6 Å². The van der Waals surface area contributed by atoms with E-state index in [1.165, 1.54) is 6.20 Å². The fourth-order valence-electron chi connectivity index (χ4n) is 2.30. The van der Waals surface area contributed by atoms with Crippen molar-refractivity contribution in [2.75, 3.05) is 6.54 Å². The molecule has 2 N–H and O–H groups in total. The molecule has 1 amide bonds. The average Bonchev–Trinajstić information content (AvgIpc) is 2.57. The molecule has 6 heteroatoms. The Labute approximate surface area is 143 Å². The van der Waals surface area contributed by atoms with Gasteiger partial charge in [0.2, 0.25) is 0 Å². The molecule has 0 atom stereocenters. The fourth-order valence-corrected chi connectivity index (χ4v) is 2.42. The molecule has 0 aliphatic carbocycles. The third-order valence-electron chi connectivity index (χ3n) is 3.44. The zero-order valence-corrected chi connectivity index (χ0v) is 13.7. The average molecular weight is 343 g/mol. The number of benzene rings is 2. The maximum atomic E-state index is 11.9. The molecule has 1 aromatic heterocycles. The predicted octanol–water partition coefficient (Wildman–Crippen LogP) is 4.14. The number of fused-ring (bicyclic) bond motifs is 1. The Morgan fingerprint density at radius 2 is 1.92 bits per heavy atom. The lowest BCUT2D eigenvalue weighted by atomic mass is 10.1.